The summed E-state index contributed by atoms with van der Waals surface area (Å²) in [6, 6.07) is 7.49. The first-order chi connectivity index (χ1) is 13.9. The van der Waals surface area contributed by atoms with Gasteiger partial charge in [-0.25, -0.2) is 4.39 Å². The van der Waals surface area contributed by atoms with Gasteiger partial charge in [0.1, 0.15) is 18.5 Å². The van der Waals surface area contributed by atoms with E-state index in [1.807, 2.05) is 37.3 Å². The van der Waals surface area contributed by atoms with Crippen molar-refractivity contribution in [3.8, 4) is 5.75 Å². The maximum Gasteiger partial charge on any atom is 0.303 e. The van der Waals surface area contributed by atoms with Crippen molar-refractivity contribution in [1.29, 1.82) is 0 Å². The molecule has 165 valence electrons. The Bertz CT molecular complexity index is 669. The summed E-state index contributed by atoms with van der Waals surface area (Å²) >= 11 is 0. The minimum Gasteiger partial charge on any atom is -0.491 e. The molecular formula is C23H33FO5Pr. The van der Waals surface area contributed by atoms with Crippen LogP contribution in [0.15, 0.2) is 36.4 Å². The van der Waals surface area contributed by atoms with Crippen LogP contribution in [0.1, 0.15) is 50.5 Å². The predicted octanol–water partition coefficient (Wildman–Crippen LogP) is 4.05. The Balaban J connectivity index is 0.00000450. The normalized spacial score (nSPS) is 24.5. The molecule has 1 aromatic carbocycles. The number of hydrogen-bond donors (Lipinski definition) is 3. The maximum atomic E-state index is 14.3. The van der Waals surface area contributed by atoms with Crippen LogP contribution < -0.4 is 4.74 Å². The van der Waals surface area contributed by atoms with Gasteiger partial charge in [0, 0.05) is 47.7 Å². The molecule has 5 atom stereocenters. The van der Waals surface area contributed by atoms with E-state index < -0.39 is 24.3 Å². The molecule has 0 unspecified atom stereocenters. The van der Waals surface area contributed by atoms with Crippen molar-refractivity contribution >= 4 is 5.97 Å². The van der Waals surface area contributed by atoms with Gasteiger partial charge in [-0.15, -0.1) is 0 Å². The molecule has 1 aromatic rings. The molecule has 0 saturated heterocycles. The standard InChI is InChI=1S/C23H33FO5.Pr/c1-16-7-6-8-18(13-16)29-15-17(24)11-12-20-19(21(25)14-22(20)26)9-4-2-3-5-10-23(27)28;/h2-3,6-8,13,17,19-22,25-26H,4-5,9-12,14-15H2,1H3,(H,27,28);/b3-2-;/t17-,19-,20-,21+,22-;/m1./s1. The zero-order valence-electron chi connectivity index (χ0n) is 17.6. The molecule has 3 N–H and O–H groups in total. The van der Waals surface area contributed by atoms with Crippen LogP contribution in [0.4, 0.5) is 4.39 Å². The first kappa shape index (κ1) is 27.5. The molecule has 1 aliphatic carbocycles. The number of aliphatic hydroxyl groups is 2. The van der Waals surface area contributed by atoms with Gasteiger partial charge < -0.3 is 20.1 Å². The van der Waals surface area contributed by atoms with Crippen LogP contribution in [-0.4, -0.2) is 46.3 Å². The molecule has 1 saturated carbocycles. The molecule has 1 radical (unpaired) electrons. The van der Waals surface area contributed by atoms with Gasteiger partial charge in [-0.1, -0.05) is 24.3 Å². The molecule has 1 aliphatic rings. The van der Waals surface area contributed by atoms with Crippen LogP contribution in [0, 0.1) is 60.1 Å². The van der Waals surface area contributed by atoms with Gasteiger partial charge in [-0.2, -0.15) is 0 Å². The fourth-order valence-corrected chi connectivity index (χ4v) is 4.06. The molecule has 0 heterocycles. The van der Waals surface area contributed by atoms with Crippen LogP contribution in [0.3, 0.4) is 0 Å². The van der Waals surface area contributed by atoms with E-state index in [0.717, 1.165) is 5.56 Å². The second-order valence-corrected chi connectivity index (χ2v) is 7.98. The zero-order chi connectivity index (χ0) is 21.2. The Morgan fingerprint density at radius 2 is 1.87 bits per heavy atom. The number of allylic oxidation sites excluding steroid dienone is 2. The Labute approximate surface area is 211 Å². The number of alkyl halides is 1. The number of halogens is 1. The third-order valence-electron chi connectivity index (χ3n) is 5.61. The van der Waals surface area contributed by atoms with Gasteiger partial charge in [-0.3, -0.25) is 4.79 Å². The third kappa shape index (κ3) is 9.72. The number of carboxylic acid groups (broad SMARTS) is 1. The average molecular weight is 549 g/mol. The number of hydrogen-bond acceptors (Lipinski definition) is 4. The van der Waals surface area contributed by atoms with Crippen LogP contribution in [-0.2, 0) is 4.79 Å². The third-order valence-corrected chi connectivity index (χ3v) is 5.61. The van der Waals surface area contributed by atoms with Crippen molar-refractivity contribution in [2.75, 3.05) is 6.61 Å². The van der Waals surface area contributed by atoms with E-state index >= 15 is 0 Å². The van der Waals surface area contributed by atoms with Gasteiger partial charge in [-0.05, 0) is 75.0 Å². The molecule has 0 aliphatic heterocycles. The largest absolute Gasteiger partial charge is 0.491 e. The molecular weight excluding hydrogens is 516 g/mol. The summed E-state index contributed by atoms with van der Waals surface area (Å²) in [6.45, 7) is 1.93. The van der Waals surface area contributed by atoms with E-state index in [4.69, 9.17) is 9.84 Å². The number of aryl methyl sites for hydroxylation is 1. The fourth-order valence-electron chi connectivity index (χ4n) is 4.06. The number of rotatable bonds is 12. The maximum absolute atomic E-state index is 14.3. The monoisotopic (exact) mass is 549 g/mol. The molecule has 5 nitrogen and oxygen atoms in total. The first-order valence-corrected chi connectivity index (χ1v) is 10.4. The zero-order valence-corrected chi connectivity index (χ0v) is 21.3. The van der Waals surface area contributed by atoms with Crippen molar-refractivity contribution in [3.05, 3.63) is 42.0 Å². The minimum absolute atomic E-state index is 0. The van der Waals surface area contributed by atoms with E-state index in [1.165, 1.54) is 0 Å². The quantitative estimate of drug-likeness (QED) is 0.343. The molecule has 0 aromatic heterocycles. The summed E-state index contributed by atoms with van der Waals surface area (Å²) in [6.07, 6.45) is 4.54. The van der Waals surface area contributed by atoms with Gasteiger partial charge >= 0.3 is 5.97 Å². The van der Waals surface area contributed by atoms with Gasteiger partial charge in [0.05, 0.1) is 12.2 Å². The number of aliphatic carboxylic acids is 1. The fraction of sp³-hybridized carbons (Fsp3) is 0.609. The van der Waals surface area contributed by atoms with E-state index in [-0.39, 0.29) is 72.6 Å². The Morgan fingerprint density at radius 3 is 2.53 bits per heavy atom. The van der Waals surface area contributed by atoms with Crippen molar-refractivity contribution in [2.45, 2.75) is 70.2 Å². The Kier molecular flexibility index (Phi) is 13.3. The van der Waals surface area contributed by atoms with Gasteiger partial charge in [0.15, 0.2) is 0 Å². The molecule has 0 bridgehead atoms. The van der Waals surface area contributed by atoms with Crippen molar-refractivity contribution in [3.63, 3.8) is 0 Å². The van der Waals surface area contributed by atoms with E-state index in [2.05, 4.69) is 0 Å². The summed E-state index contributed by atoms with van der Waals surface area (Å²) in [5, 5.41) is 29.2. The Morgan fingerprint density at radius 1 is 1.20 bits per heavy atom. The summed E-state index contributed by atoms with van der Waals surface area (Å²) < 4.78 is 19.8. The summed E-state index contributed by atoms with van der Waals surface area (Å²) in [5.74, 6) is -0.374. The number of carbonyl (C=O) groups is 1. The molecule has 0 spiro atoms. The van der Waals surface area contributed by atoms with Crippen LogP contribution in [0.25, 0.3) is 0 Å². The second-order valence-electron chi connectivity index (χ2n) is 7.98. The number of aliphatic hydroxyl groups excluding tert-OH is 2. The predicted molar refractivity (Wildman–Crippen MR) is 110 cm³/mol. The van der Waals surface area contributed by atoms with Crippen molar-refractivity contribution in [2.24, 2.45) is 11.8 Å². The van der Waals surface area contributed by atoms with Crippen LogP contribution in [0.2, 0.25) is 0 Å². The molecule has 30 heavy (non-hydrogen) atoms. The number of carboxylic acids is 1. The molecule has 0 amide bonds. The Hall–Kier alpha value is -0.556. The summed E-state index contributed by atoms with van der Waals surface area (Å²) in [7, 11) is 0. The average Bonchev–Trinajstić information content (AvgIpc) is 2.93. The first-order valence-electron chi connectivity index (χ1n) is 10.4. The van der Waals surface area contributed by atoms with Crippen LogP contribution >= 0.6 is 0 Å². The second kappa shape index (κ2) is 14.5. The van der Waals surface area contributed by atoms with E-state index in [1.54, 1.807) is 6.07 Å². The topological polar surface area (TPSA) is 87.0 Å². The number of benzene rings is 1. The summed E-state index contributed by atoms with van der Waals surface area (Å²) in [5.41, 5.74) is 1.06. The minimum atomic E-state index is -1.13. The SMILES string of the molecule is Cc1cccc(OC[C@H](F)CC[C@@H]2[C@@H](CC/C=C\CCC(=O)O)[C@@H](O)C[C@H]2O)c1.[Pr]. The van der Waals surface area contributed by atoms with Crippen LogP contribution in [0.5, 0.6) is 5.75 Å². The molecule has 7 heteroatoms. The number of ether oxygens (including phenoxy) is 1. The smallest absolute Gasteiger partial charge is 0.303 e. The molecule has 2 rings (SSSR count). The van der Waals surface area contributed by atoms with Crippen molar-refractivity contribution in [1.82, 2.24) is 0 Å². The molecule has 1 fully saturated rings. The van der Waals surface area contributed by atoms with Gasteiger partial charge in [0.25, 0.3) is 0 Å². The summed E-state index contributed by atoms with van der Waals surface area (Å²) in [4.78, 5) is 10.5. The van der Waals surface area contributed by atoms with Gasteiger partial charge in [0.2, 0.25) is 0 Å². The van der Waals surface area contributed by atoms with Crippen molar-refractivity contribution < 1.29 is 70.5 Å². The van der Waals surface area contributed by atoms with E-state index in [0.29, 0.717) is 37.9 Å². The van der Waals surface area contributed by atoms with E-state index in [9.17, 15) is 19.4 Å².